The number of imidazole rings is 1. The van der Waals surface area contributed by atoms with Crippen molar-refractivity contribution in [1.82, 2.24) is 9.55 Å². The Bertz CT molecular complexity index is 959. The maximum atomic E-state index is 4.66. The minimum absolute atomic E-state index is 0. The van der Waals surface area contributed by atoms with Crippen molar-refractivity contribution in [3.05, 3.63) is 90.8 Å². The van der Waals surface area contributed by atoms with E-state index in [0.717, 1.165) is 18.2 Å². The Morgan fingerprint density at radius 2 is 1.50 bits per heavy atom. The van der Waals surface area contributed by atoms with Crippen molar-refractivity contribution < 1.29 is 24.0 Å². The third kappa shape index (κ3) is 4.82. The molecule has 0 aliphatic carbocycles. The van der Waals surface area contributed by atoms with E-state index < -0.39 is 7.92 Å². The highest BCUT2D eigenvalue weighted by Gasteiger charge is 2.22. The van der Waals surface area contributed by atoms with Crippen molar-refractivity contribution in [3.63, 3.8) is 0 Å². The molecule has 144 valence electrons. The maximum Gasteiger partial charge on any atom is 0.0970 e. The number of rotatable bonds is 7. The van der Waals surface area contributed by atoms with E-state index in [4.69, 9.17) is 0 Å². The van der Waals surface area contributed by atoms with Crippen LogP contribution in [0.25, 0.3) is 11.0 Å². The van der Waals surface area contributed by atoms with Gasteiger partial charge in [0.1, 0.15) is 0 Å². The summed E-state index contributed by atoms with van der Waals surface area (Å²) in [5, 5.41) is 2.92. The molecule has 0 atom stereocenters. The summed E-state index contributed by atoms with van der Waals surface area (Å²) in [6.45, 7) is 3.28. The summed E-state index contributed by atoms with van der Waals surface area (Å²) in [4.78, 5) is 4.66. The van der Waals surface area contributed by atoms with Crippen molar-refractivity contribution in [3.8, 4) is 0 Å². The number of aryl methyl sites for hydroxylation is 1. The van der Waals surface area contributed by atoms with Crippen LogP contribution in [0.2, 0.25) is 0 Å². The van der Waals surface area contributed by atoms with Crippen LogP contribution < -0.4 is 34.6 Å². The molecule has 0 spiro atoms. The molecule has 4 rings (SSSR count). The molecule has 4 heteroatoms. The number of nitrogens with zero attached hydrogens (tertiary/aromatic N) is 2. The van der Waals surface area contributed by atoms with Crippen molar-refractivity contribution in [2.75, 3.05) is 0 Å². The lowest BCUT2D eigenvalue weighted by Gasteiger charge is -2.11. The fourth-order valence-corrected chi connectivity index (χ4v) is 6.14. The quantitative estimate of drug-likeness (QED) is 0.281. The molecule has 0 N–H and O–H groups in total. The monoisotopic (exact) mass is 500 g/mol. The Kier molecular flexibility index (Phi) is 7.64. The molecule has 0 aliphatic heterocycles. The minimum atomic E-state index is -0.862. The first-order valence-corrected chi connectivity index (χ1v) is 11.5. The van der Waals surface area contributed by atoms with Gasteiger partial charge in [-0.2, -0.15) is 0 Å². The Balaban J connectivity index is 0.00000225. The highest BCUT2D eigenvalue weighted by atomic mass is 127. The molecule has 0 amide bonds. The predicted octanol–water partition coefficient (Wildman–Crippen LogP) is 2.21. The molecule has 0 bridgehead atoms. The first kappa shape index (κ1) is 21.0. The van der Waals surface area contributed by atoms with Gasteiger partial charge in [-0.15, -0.1) is 0 Å². The average Bonchev–Trinajstić information content (AvgIpc) is 3.14. The Labute approximate surface area is 185 Å². The second-order valence-corrected chi connectivity index (χ2v) is 9.47. The van der Waals surface area contributed by atoms with Crippen LogP contribution >= 0.6 is 7.92 Å². The van der Waals surface area contributed by atoms with Gasteiger partial charge in [0, 0.05) is 6.54 Å². The molecule has 0 aliphatic rings. The standard InChI is InChI=1S/C24H25N2P.HI/c1-2-3-16-26-19-25-23-17-20(14-15-24(23)26)18-27(21-10-6-4-7-11-21)22-12-8-5-9-13-22;/h4-15,17,19H,2-3,16,18H2,1H3;1H. The van der Waals surface area contributed by atoms with Crippen LogP contribution in [0.15, 0.2) is 85.2 Å². The molecule has 28 heavy (non-hydrogen) atoms. The summed E-state index contributed by atoms with van der Waals surface area (Å²) in [6, 6.07) is 28.8. The normalized spacial score (nSPS) is 10.9. The van der Waals surface area contributed by atoms with Crippen LogP contribution in [0.5, 0.6) is 0 Å². The summed E-state index contributed by atoms with van der Waals surface area (Å²) in [6.07, 6.45) is 5.47. The van der Waals surface area contributed by atoms with E-state index in [1.54, 1.807) is 0 Å². The SMILES string of the molecule is CCCCn1cnc2cc(C[PH+](c3ccccc3)c3ccccc3)ccc21.[I-]. The zero-order chi connectivity index (χ0) is 18.5. The lowest BCUT2D eigenvalue weighted by atomic mass is 10.2. The van der Waals surface area contributed by atoms with Gasteiger partial charge in [-0.25, -0.2) is 4.98 Å². The number of hydrogen-bond donors (Lipinski definition) is 0. The summed E-state index contributed by atoms with van der Waals surface area (Å²) in [7, 11) is -0.862. The Morgan fingerprint density at radius 1 is 0.857 bits per heavy atom. The zero-order valence-corrected chi connectivity index (χ0v) is 19.3. The Hall–Kier alpha value is -1.71. The molecule has 1 aromatic heterocycles. The first-order valence-electron chi connectivity index (χ1n) is 9.75. The third-order valence-corrected chi connectivity index (χ3v) is 7.89. The molecule has 0 unspecified atom stereocenters. The van der Waals surface area contributed by atoms with Gasteiger partial charge in [-0.1, -0.05) is 55.8 Å². The topological polar surface area (TPSA) is 17.8 Å². The highest BCUT2D eigenvalue weighted by molar-refractivity contribution is 7.72. The lowest BCUT2D eigenvalue weighted by molar-refractivity contribution is -0.00000543. The second-order valence-electron chi connectivity index (χ2n) is 7.00. The van der Waals surface area contributed by atoms with Gasteiger partial charge >= 0.3 is 0 Å². The van der Waals surface area contributed by atoms with Crippen molar-refractivity contribution in [2.45, 2.75) is 32.5 Å². The lowest BCUT2D eigenvalue weighted by Crippen LogP contribution is -3.00. The predicted molar refractivity (Wildman–Crippen MR) is 119 cm³/mol. The van der Waals surface area contributed by atoms with E-state index in [2.05, 4.69) is 95.3 Å². The van der Waals surface area contributed by atoms with Gasteiger partial charge in [0.25, 0.3) is 0 Å². The smallest absolute Gasteiger partial charge is 0.0970 e. The largest absolute Gasteiger partial charge is 1.00 e. The molecule has 0 fully saturated rings. The van der Waals surface area contributed by atoms with Gasteiger partial charge in [0.05, 0.1) is 42.1 Å². The van der Waals surface area contributed by atoms with Gasteiger partial charge in [0.2, 0.25) is 0 Å². The molecule has 2 nitrogen and oxygen atoms in total. The van der Waals surface area contributed by atoms with Crippen LogP contribution in [0, 0.1) is 0 Å². The zero-order valence-electron chi connectivity index (χ0n) is 16.2. The van der Waals surface area contributed by atoms with E-state index in [1.165, 1.54) is 34.5 Å². The molecular formula is C24H26IN2P. The summed E-state index contributed by atoms with van der Waals surface area (Å²) >= 11 is 0. The number of benzene rings is 3. The van der Waals surface area contributed by atoms with E-state index in [-0.39, 0.29) is 24.0 Å². The molecule has 1 heterocycles. The molecule has 4 aromatic rings. The van der Waals surface area contributed by atoms with E-state index in [0.29, 0.717) is 0 Å². The summed E-state index contributed by atoms with van der Waals surface area (Å²) in [5.41, 5.74) is 3.75. The number of halogens is 1. The summed E-state index contributed by atoms with van der Waals surface area (Å²) in [5.74, 6) is 0. The molecule has 3 aromatic carbocycles. The van der Waals surface area contributed by atoms with E-state index >= 15 is 0 Å². The average molecular weight is 500 g/mol. The van der Waals surface area contributed by atoms with Crippen LogP contribution in [0.4, 0.5) is 0 Å². The number of aromatic nitrogens is 2. The fourth-order valence-electron chi connectivity index (χ4n) is 3.58. The van der Waals surface area contributed by atoms with Crippen molar-refractivity contribution >= 4 is 29.6 Å². The first-order chi connectivity index (χ1) is 13.3. The maximum absolute atomic E-state index is 4.66. The van der Waals surface area contributed by atoms with E-state index in [9.17, 15) is 0 Å². The number of fused-ring (bicyclic) bond motifs is 1. The number of unbranched alkanes of at least 4 members (excludes halogenated alkanes) is 1. The molecule has 0 radical (unpaired) electrons. The second kappa shape index (κ2) is 10.2. The molecule has 0 saturated heterocycles. The van der Waals surface area contributed by atoms with Crippen LogP contribution in [0.1, 0.15) is 25.3 Å². The third-order valence-electron chi connectivity index (χ3n) is 5.06. The van der Waals surface area contributed by atoms with Crippen LogP contribution in [0.3, 0.4) is 0 Å². The van der Waals surface area contributed by atoms with Gasteiger partial charge in [-0.05, 0) is 48.4 Å². The Morgan fingerprint density at radius 3 is 2.11 bits per heavy atom. The van der Waals surface area contributed by atoms with Crippen molar-refractivity contribution in [1.29, 1.82) is 0 Å². The number of hydrogen-bond acceptors (Lipinski definition) is 1. The van der Waals surface area contributed by atoms with Gasteiger partial charge in [0.15, 0.2) is 0 Å². The highest BCUT2D eigenvalue weighted by Crippen LogP contribution is 2.38. The summed E-state index contributed by atoms with van der Waals surface area (Å²) < 4.78 is 2.28. The minimum Gasteiger partial charge on any atom is -1.00 e. The van der Waals surface area contributed by atoms with Gasteiger partial charge < -0.3 is 28.5 Å². The van der Waals surface area contributed by atoms with E-state index in [1.807, 2.05) is 6.33 Å². The van der Waals surface area contributed by atoms with Gasteiger partial charge in [-0.3, -0.25) is 0 Å². The van der Waals surface area contributed by atoms with Crippen molar-refractivity contribution in [2.24, 2.45) is 0 Å². The molecular weight excluding hydrogens is 474 g/mol. The van der Waals surface area contributed by atoms with Crippen LogP contribution in [-0.4, -0.2) is 9.55 Å². The van der Waals surface area contributed by atoms with Crippen LogP contribution in [-0.2, 0) is 12.7 Å². The molecule has 0 saturated carbocycles. The fraction of sp³-hybridized carbons (Fsp3) is 0.208.